The third-order valence-electron chi connectivity index (χ3n) is 2.53. The first kappa shape index (κ1) is 11.5. The molecule has 18 heavy (non-hydrogen) atoms. The maximum absolute atomic E-state index is 5.87. The number of halogens is 1. The van der Waals surface area contributed by atoms with Crippen LogP contribution in [-0.2, 0) is 0 Å². The lowest BCUT2D eigenvalue weighted by atomic mass is 10.2. The second-order valence-corrected chi connectivity index (χ2v) is 5.25. The molecule has 0 bridgehead atoms. The number of aromatic nitrogens is 2. The molecular weight excluding hydrogens is 264 g/mol. The van der Waals surface area contributed by atoms with E-state index in [1.165, 1.54) is 0 Å². The molecule has 88 valence electrons. The van der Waals surface area contributed by atoms with Gasteiger partial charge in [-0.1, -0.05) is 41.6 Å². The molecule has 1 aromatic heterocycles. The van der Waals surface area contributed by atoms with Crippen molar-refractivity contribution < 1.29 is 0 Å². The predicted octanol–water partition coefficient (Wildman–Crippen LogP) is 4.43. The number of para-hydroxylation sites is 1. The average Bonchev–Trinajstić information content (AvgIpc) is 2.42. The van der Waals surface area contributed by atoms with Gasteiger partial charge < -0.3 is 0 Å². The van der Waals surface area contributed by atoms with Crippen molar-refractivity contribution in [1.29, 1.82) is 0 Å². The third kappa shape index (κ3) is 2.33. The van der Waals surface area contributed by atoms with Gasteiger partial charge in [-0.15, -0.1) is 0 Å². The quantitative estimate of drug-likeness (QED) is 0.645. The molecule has 0 atom stereocenters. The Labute approximate surface area is 114 Å². The number of benzene rings is 2. The van der Waals surface area contributed by atoms with Gasteiger partial charge in [-0.2, -0.15) is 0 Å². The molecule has 0 aliphatic heterocycles. The van der Waals surface area contributed by atoms with E-state index in [0.29, 0.717) is 0 Å². The lowest BCUT2D eigenvalue weighted by molar-refractivity contribution is 1.10. The van der Waals surface area contributed by atoms with E-state index in [1.54, 1.807) is 18.1 Å². The minimum absolute atomic E-state index is 0.742. The summed E-state index contributed by atoms with van der Waals surface area (Å²) in [6.07, 6.45) is 1.60. The van der Waals surface area contributed by atoms with Crippen molar-refractivity contribution in [2.75, 3.05) is 0 Å². The SMILES string of the molecule is Clc1ccc(Sc2ncnc3ccccc23)cc1. The first-order valence-electron chi connectivity index (χ1n) is 5.46. The Morgan fingerprint density at radius 2 is 1.67 bits per heavy atom. The van der Waals surface area contributed by atoms with Crippen LogP contribution in [0, 0.1) is 0 Å². The van der Waals surface area contributed by atoms with Crippen molar-refractivity contribution >= 4 is 34.3 Å². The maximum Gasteiger partial charge on any atom is 0.117 e. The summed E-state index contributed by atoms with van der Waals surface area (Å²) in [4.78, 5) is 9.71. The maximum atomic E-state index is 5.87. The van der Waals surface area contributed by atoms with E-state index in [9.17, 15) is 0 Å². The fourth-order valence-electron chi connectivity index (χ4n) is 1.68. The Bertz CT molecular complexity index is 677. The summed E-state index contributed by atoms with van der Waals surface area (Å²) in [5, 5.41) is 2.77. The first-order valence-corrected chi connectivity index (χ1v) is 6.65. The monoisotopic (exact) mass is 272 g/mol. The highest BCUT2D eigenvalue weighted by Crippen LogP contribution is 2.31. The van der Waals surface area contributed by atoms with E-state index in [1.807, 2.05) is 48.5 Å². The Morgan fingerprint density at radius 3 is 2.50 bits per heavy atom. The molecule has 0 fully saturated rings. The van der Waals surface area contributed by atoms with Gasteiger partial charge in [0.1, 0.15) is 11.4 Å². The van der Waals surface area contributed by atoms with Gasteiger partial charge in [0.25, 0.3) is 0 Å². The summed E-state index contributed by atoms with van der Waals surface area (Å²) in [6, 6.07) is 15.7. The highest BCUT2D eigenvalue weighted by molar-refractivity contribution is 7.99. The van der Waals surface area contributed by atoms with Gasteiger partial charge in [0.2, 0.25) is 0 Å². The Morgan fingerprint density at radius 1 is 0.889 bits per heavy atom. The molecule has 0 N–H and O–H groups in total. The second kappa shape index (κ2) is 4.96. The summed E-state index contributed by atoms with van der Waals surface area (Å²) in [7, 11) is 0. The van der Waals surface area contributed by atoms with Gasteiger partial charge in [0.05, 0.1) is 5.52 Å². The molecule has 2 nitrogen and oxygen atoms in total. The molecule has 0 saturated carbocycles. The van der Waals surface area contributed by atoms with E-state index in [-0.39, 0.29) is 0 Å². The third-order valence-corrected chi connectivity index (χ3v) is 3.81. The fourth-order valence-corrected chi connectivity index (χ4v) is 2.68. The van der Waals surface area contributed by atoms with Gasteiger partial charge in [-0.25, -0.2) is 9.97 Å². The Hall–Kier alpha value is -1.58. The number of fused-ring (bicyclic) bond motifs is 1. The normalized spacial score (nSPS) is 10.7. The number of hydrogen-bond donors (Lipinski definition) is 0. The molecule has 0 spiro atoms. The van der Waals surface area contributed by atoms with E-state index in [2.05, 4.69) is 9.97 Å². The fraction of sp³-hybridized carbons (Fsp3) is 0. The van der Waals surface area contributed by atoms with Crippen molar-refractivity contribution in [1.82, 2.24) is 9.97 Å². The highest BCUT2D eigenvalue weighted by Gasteiger charge is 2.04. The van der Waals surface area contributed by atoms with Crippen molar-refractivity contribution in [2.24, 2.45) is 0 Å². The van der Waals surface area contributed by atoms with Gasteiger partial charge in [0, 0.05) is 15.3 Å². The van der Waals surface area contributed by atoms with Crippen LogP contribution in [0.2, 0.25) is 5.02 Å². The lowest BCUT2D eigenvalue weighted by Gasteiger charge is -2.04. The van der Waals surface area contributed by atoms with Crippen molar-refractivity contribution in [3.05, 3.63) is 59.9 Å². The molecule has 0 aliphatic carbocycles. The van der Waals surface area contributed by atoms with Crippen LogP contribution in [0.25, 0.3) is 10.9 Å². The molecule has 4 heteroatoms. The zero-order valence-corrected chi connectivity index (χ0v) is 10.9. The zero-order chi connectivity index (χ0) is 12.4. The standard InChI is InChI=1S/C14H9ClN2S/c15-10-5-7-11(8-6-10)18-14-12-3-1-2-4-13(12)16-9-17-14/h1-9H. The Balaban J connectivity index is 2.02. The second-order valence-electron chi connectivity index (χ2n) is 3.75. The summed E-state index contributed by atoms with van der Waals surface area (Å²) in [6.45, 7) is 0. The molecular formula is C14H9ClN2S. The molecule has 0 amide bonds. The molecule has 2 aromatic carbocycles. The van der Waals surface area contributed by atoms with Crippen LogP contribution in [-0.4, -0.2) is 9.97 Å². The predicted molar refractivity (Wildman–Crippen MR) is 75.1 cm³/mol. The van der Waals surface area contributed by atoms with Crippen LogP contribution in [0.15, 0.2) is 64.8 Å². The number of nitrogens with zero attached hydrogens (tertiary/aromatic N) is 2. The average molecular weight is 273 g/mol. The van der Waals surface area contributed by atoms with Crippen molar-refractivity contribution in [2.45, 2.75) is 9.92 Å². The summed E-state index contributed by atoms with van der Waals surface area (Å²) < 4.78 is 0. The number of hydrogen-bond acceptors (Lipinski definition) is 3. The molecule has 1 heterocycles. The highest BCUT2D eigenvalue weighted by atomic mass is 35.5. The summed E-state index contributed by atoms with van der Waals surface area (Å²) >= 11 is 7.49. The van der Waals surface area contributed by atoms with Crippen molar-refractivity contribution in [3.63, 3.8) is 0 Å². The molecule has 0 aliphatic rings. The number of rotatable bonds is 2. The van der Waals surface area contributed by atoms with Crippen molar-refractivity contribution in [3.8, 4) is 0 Å². The topological polar surface area (TPSA) is 25.8 Å². The molecule has 3 aromatic rings. The molecule has 0 radical (unpaired) electrons. The zero-order valence-electron chi connectivity index (χ0n) is 9.38. The minimum atomic E-state index is 0.742. The summed E-state index contributed by atoms with van der Waals surface area (Å²) in [5.74, 6) is 0. The lowest BCUT2D eigenvalue weighted by Crippen LogP contribution is -1.86. The Kier molecular flexibility index (Phi) is 3.17. The van der Waals surface area contributed by atoms with Crippen LogP contribution in [0.4, 0.5) is 0 Å². The summed E-state index contributed by atoms with van der Waals surface area (Å²) in [5.41, 5.74) is 0.962. The molecule has 3 rings (SSSR count). The van der Waals surface area contributed by atoms with Gasteiger partial charge in [0.15, 0.2) is 0 Å². The molecule has 0 saturated heterocycles. The van der Waals surface area contributed by atoms with Crippen LogP contribution >= 0.6 is 23.4 Å². The largest absolute Gasteiger partial charge is 0.236 e. The smallest absolute Gasteiger partial charge is 0.117 e. The minimum Gasteiger partial charge on any atom is -0.236 e. The van der Waals surface area contributed by atoms with E-state index in [0.717, 1.165) is 25.8 Å². The molecule has 0 unspecified atom stereocenters. The van der Waals surface area contributed by atoms with E-state index in [4.69, 9.17) is 11.6 Å². The van der Waals surface area contributed by atoms with E-state index < -0.39 is 0 Å². The van der Waals surface area contributed by atoms with Gasteiger partial charge in [-0.3, -0.25) is 0 Å². The van der Waals surface area contributed by atoms with Gasteiger partial charge in [-0.05, 0) is 30.3 Å². The van der Waals surface area contributed by atoms with E-state index >= 15 is 0 Å². The van der Waals surface area contributed by atoms with Crippen LogP contribution in [0.3, 0.4) is 0 Å². The van der Waals surface area contributed by atoms with Crippen LogP contribution in [0.1, 0.15) is 0 Å². The first-order chi connectivity index (χ1) is 8.83. The van der Waals surface area contributed by atoms with Crippen LogP contribution < -0.4 is 0 Å². The van der Waals surface area contributed by atoms with Crippen LogP contribution in [0.5, 0.6) is 0 Å². The van der Waals surface area contributed by atoms with Gasteiger partial charge >= 0.3 is 0 Å².